The van der Waals surface area contributed by atoms with Gasteiger partial charge in [0, 0.05) is 39.4 Å². The summed E-state index contributed by atoms with van der Waals surface area (Å²) in [5, 5.41) is 5.49. The van der Waals surface area contributed by atoms with Crippen molar-refractivity contribution in [2.24, 2.45) is 0 Å². The van der Waals surface area contributed by atoms with Gasteiger partial charge in [0.1, 0.15) is 0 Å². The number of thiophene rings is 1. The summed E-state index contributed by atoms with van der Waals surface area (Å²) in [7, 11) is 0. The van der Waals surface area contributed by atoms with Crippen LogP contribution in [0.25, 0.3) is 0 Å². The third-order valence-electron chi connectivity index (χ3n) is 2.84. The molecule has 3 nitrogen and oxygen atoms in total. The first-order valence-corrected chi connectivity index (χ1v) is 7.85. The van der Waals surface area contributed by atoms with E-state index in [0.29, 0.717) is 6.61 Å². The van der Waals surface area contributed by atoms with Crippen LogP contribution >= 0.6 is 27.3 Å². The Balaban J connectivity index is 1.69. The van der Waals surface area contributed by atoms with E-state index >= 15 is 0 Å². The molecule has 1 aliphatic heterocycles. The summed E-state index contributed by atoms with van der Waals surface area (Å²) >= 11 is 5.20. The van der Waals surface area contributed by atoms with Crippen molar-refractivity contribution in [2.45, 2.75) is 13.0 Å². The molecule has 0 unspecified atom stereocenters. The minimum absolute atomic E-state index is 0.717. The highest BCUT2D eigenvalue weighted by Crippen LogP contribution is 2.32. The molecule has 0 saturated carbocycles. The molecule has 1 aliphatic rings. The Morgan fingerprint density at radius 2 is 2.00 bits per heavy atom. The Morgan fingerprint density at radius 3 is 2.79 bits per heavy atom. The fourth-order valence-electron chi connectivity index (χ4n) is 1.91. The summed E-state index contributed by atoms with van der Waals surface area (Å²) in [6.07, 6.45) is 0.931. The van der Waals surface area contributed by atoms with Crippen molar-refractivity contribution < 1.29 is 9.47 Å². The molecular weight excluding hydrogens is 326 g/mol. The van der Waals surface area contributed by atoms with Crippen LogP contribution in [0.5, 0.6) is 11.5 Å². The quantitative estimate of drug-likeness (QED) is 0.904. The van der Waals surface area contributed by atoms with Crippen LogP contribution in [0.1, 0.15) is 11.3 Å². The second-order valence-electron chi connectivity index (χ2n) is 4.30. The number of nitrogens with one attached hydrogen (secondary N) is 1. The molecule has 1 aromatic carbocycles. The maximum Gasteiger partial charge on any atom is 0.163 e. The third kappa shape index (κ3) is 3.22. The first-order chi connectivity index (χ1) is 9.31. The van der Waals surface area contributed by atoms with Gasteiger partial charge in [-0.2, -0.15) is 0 Å². The lowest BCUT2D eigenvalue weighted by molar-refractivity contribution is 0.297. The highest BCUT2D eigenvalue weighted by molar-refractivity contribution is 9.10. The minimum Gasteiger partial charge on any atom is -0.490 e. The van der Waals surface area contributed by atoms with E-state index in [1.165, 1.54) is 4.88 Å². The van der Waals surface area contributed by atoms with Gasteiger partial charge < -0.3 is 14.8 Å². The zero-order valence-corrected chi connectivity index (χ0v) is 12.7. The summed E-state index contributed by atoms with van der Waals surface area (Å²) in [5.74, 6) is 1.66. The molecule has 0 aliphatic carbocycles. The van der Waals surface area contributed by atoms with E-state index in [-0.39, 0.29) is 0 Å². The van der Waals surface area contributed by atoms with E-state index in [2.05, 4.69) is 32.7 Å². The molecule has 2 heterocycles. The Kier molecular flexibility index (Phi) is 3.94. The first-order valence-electron chi connectivity index (χ1n) is 6.18. The fourth-order valence-corrected chi connectivity index (χ4v) is 3.30. The van der Waals surface area contributed by atoms with Crippen molar-refractivity contribution >= 4 is 33.0 Å². The standard InChI is InChI=1S/C14H14BrNO2S/c15-10-6-12(19-9-10)8-16-11-2-3-13-14(7-11)18-5-1-4-17-13/h2-3,6-7,9,16H,1,4-5,8H2. The molecule has 0 radical (unpaired) electrons. The number of hydrogen-bond acceptors (Lipinski definition) is 4. The SMILES string of the molecule is Brc1csc(CNc2ccc3c(c2)OCCCO3)c1. The van der Waals surface area contributed by atoms with Gasteiger partial charge in [-0.1, -0.05) is 0 Å². The van der Waals surface area contributed by atoms with Gasteiger partial charge in [0.25, 0.3) is 0 Å². The molecule has 100 valence electrons. The number of ether oxygens (including phenoxy) is 2. The molecule has 0 amide bonds. The van der Waals surface area contributed by atoms with Gasteiger partial charge in [-0.15, -0.1) is 11.3 Å². The van der Waals surface area contributed by atoms with E-state index in [9.17, 15) is 0 Å². The molecule has 19 heavy (non-hydrogen) atoms. The lowest BCUT2D eigenvalue weighted by Gasteiger charge is -2.10. The Morgan fingerprint density at radius 1 is 1.16 bits per heavy atom. The van der Waals surface area contributed by atoms with E-state index in [0.717, 1.165) is 41.2 Å². The molecule has 1 aromatic heterocycles. The summed E-state index contributed by atoms with van der Waals surface area (Å²) in [5.41, 5.74) is 1.05. The molecule has 0 atom stereocenters. The molecule has 0 spiro atoms. The van der Waals surface area contributed by atoms with E-state index in [1.807, 2.05) is 18.2 Å². The molecule has 3 rings (SSSR count). The number of rotatable bonds is 3. The maximum absolute atomic E-state index is 5.68. The van der Waals surface area contributed by atoms with Gasteiger partial charge in [-0.3, -0.25) is 0 Å². The van der Waals surface area contributed by atoms with Gasteiger partial charge >= 0.3 is 0 Å². The highest BCUT2D eigenvalue weighted by Gasteiger charge is 2.10. The molecular formula is C14H14BrNO2S. The Bertz CT molecular complexity index is 570. The Hall–Kier alpha value is -1.20. The Labute approximate surface area is 124 Å². The number of halogens is 1. The van der Waals surface area contributed by atoms with Crippen molar-refractivity contribution in [1.29, 1.82) is 0 Å². The second-order valence-corrected chi connectivity index (χ2v) is 6.21. The number of benzene rings is 1. The van der Waals surface area contributed by atoms with E-state index < -0.39 is 0 Å². The minimum atomic E-state index is 0.717. The largest absolute Gasteiger partial charge is 0.490 e. The van der Waals surface area contributed by atoms with Crippen molar-refractivity contribution in [1.82, 2.24) is 0 Å². The van der Waals surface area contributed by atoms with Crippen LogP contribution in [0, 0.1) is 0 Å². The summed E-state index contributed by atoms with van der Waals surface area (Å²) in [6.45, 7) is 2.26. The zero-order chi connectivity index (χ0) is 13.1. The topological polar surface area (TPSA) is 30.5 Å². The molecule has 2 aromatic rings. The number of hydrogen-bond donors (Lipinski definition) is 1. The summed E-state index contributed by atoms with van der Waals surface area (Å²) in [6, 6.07) is 8.12. The first kappa shape index (κ1) is 12.8. The maximum atomic E-state index is 5.68. The molecule has 1 N–H and O–H groups in total. The van der Waals surface area contributed by atoms with Gasteiger partial charge in [0.15, 0.2) is 11.5 Å². The number of fused-ring (bicyclic) bond motifs is 1. The van der Waals surface area contributed by atoms with Gasteiger partial charge in [0.2, 0.25) is 0 Å². The van der Waals surface area contributed by atoms with Crippen LogP contribution in [0.15, 0.2) is 34.1 Å². The van der Waals surface area contributed by atoms with Crippen LogP contribution in [0.4, 0.5) is 5.69 Å². The van der Waals surface area contributed by atoms with Crippen LogP contribution in [0.2, 0.25) is 0 Å². The zero-order valence-electron chi connectivity index (χ0n) is 10.3. The van der Waals surface area contributed by atoms with Crippen molar-refractivity contribution in [3.8, 4) is 11.5 Å². The average molecular weight is 340 g/mol. The van der Waals surface area contributed by atoms with Crippen molar-refractivity contribution in [2.75, 3.05) is 18.5 Å². The predicted octanol–water partition coefficient (Wildman–Crippen LogP) is 4.28. The van der Waals surface area contributed by atoms with E-state index in [4.69, 9.17) is 9.47 Å². The van der Waals surface area contributed by atoms with Crippen LogP contribution in [-0.4, -0.2) is 13.2 Å². The monoisotopic (exact) mass is 339 g/mol. The second kappa shape index (κ2) is 5.84. The van der Waals surface area contributed by atoms with Gasteiger partial charge in [0.05, 0.1) is 13.2 Å². The van der Waals surface area contributed by atoms with Gasteiger partial charge in [-0.05, 0) is 34.1 Å². The fraction of sp³-hybridized carbons (Fsp3) is 0.286. The summed E-state index contributed by atoms with van der Waals surface area (Å²) in [4.78, 5) is 1.29. The van der Waals surface area contributed by atoms with Crippen molar-refractivity contribution in [3.05, 3.63) is 39.0 Å². The third-order valence-corrected chi connectivity index (χ3v) is 4.53. The van der Waals surface area contributed by atoms with Gasteiger partial charge in [-0.25, -0.2) is 0 Å². The molecule has 0 bridgehead atoms. The van der Waals surface area contributed by atoms with Crippen LogP contribution < -0.4 is 14.8 Å². The average Bonchev–Trinajstić information content (AvgIpc) is 2.70. The normalized spacial score (nSPS) is 13.9. The molecule has 0 fully saturated rings. The lowest BCUT2D eigenvalue weighted by atomic mass is 10.2. The summed E-state index contributed by atoms with van der Waals surface area (Å²) < 4.78 is 12.4. The highest BCUT2D eigenvalue weighted by atomic mass is 79.9. The predicted molar refractivity (Wildman–Crippen MR) is 81.4 cm³/mol. The molecule has 5 heteroatoms. The smallest absolute Gasteiger partial charge is 0.163 e. The lowest BCUT2D eigenvalue weighted by Crippen LogP contribution is -1.98. The van der Waals surface area contributed by atoms with Crippen LogP contribution in [0.3, 0.4) is 0 Å². The van der Waals surface area contributed by atoms with E-state index in [1.54, 1.807) is 11.3 Å². The van der Waals surface area contributed by atoms with Crippen molar-refractivity contribution in [3.63, 3.8) is 0 Å². The number of anilines is 1. The molecule has 0 saturated heterocycles. The van der Waals surface area contributed by atoms with Crippen LogP contribution in [-0.2, 0) is 6.54 Å².